The van der Waals surface area contributed by atoms with Crippen LogP contribution in [0.3, 0.4) is 0 Å². The van der Waals surface area contributed by atoms with E-state index in [1.165, 1.54) is 16.9 Å². The Morgan fingerprint density at radius 2 is 1.95 bits per heavy atom. The van der Waals surface area contributed by atoms with Gasteiger partial charge >= 0.3 is 0 Å². The summed E-state index contributed by atoms with van der Waals surface area (Å²) in [6, 6.07) is 10.0. The van der Waals surface area contributed by atoms with Gasteiger partial charge in [-0.2, -0.15) is 0 Å². The number of sulfonamides is 1. The predicted octanol–water partition coefficient (Wildman–Crippen LogP) is 2.43. The summed E-state index contributed by atoms with van der Waals surface area (Å²) in [5.74, 6) is 0. The van der Waals surface area contributed by atoms with Gasteiger partial charge in [0.05, 0.1) is 0 Å². The van der Waals surface area contributed by atoms with Gasteiger partial charge in [-0.25, -0.2) is 13.1 Å². The summed E-state index contributed by atoms with van der Waals surface area (Å²) in [6.45, 7) is 2.48. The molecule has 0 radical (unpaired) electrons. The standard InChI is InChI=1S/C15H20N2O2S2/c1-12-11-20-14(10-16)15(12)21(18,19)17-9-5-8-13-6-3-2-4-7-13/h2-4,6-7,11,17H,5,8-10,16H2,1H3. The van der Waals surface area contributed by atoms with Gasteiger partial charge < -0.3 is 5.73 Å². The van der Waals surface area contributed by atoms with Crippen LogP contribution in [-0.2, 0) is 23.0 Å². The number of hydrogen-bond acceptors (Lipinski definition) is 4. The molecule has 2 aromatic rings. The summed E-state index contributed by atoms with van der Waals surface area (Å²) in [5, 5.41) is 1.83. The molecule has 1 heterocycles. The van der Waals surface area contributed by atoms with Gasteiger partial charge in [-0.1, -0.05) is 30.3 Å². The fourth-order valence-electron chi connectivity index (χ4n) is 2.20. The molecule has 0 bridgehead atoms. The zero-order valence-corrected chi connectivity index (χ0v) is 13.6. The zero-order valence-electron chi connectivity index (χ0n) is 12.0. The Morgan fingerprint density at radius 3 is 2.62 bits per heavy atom. The summed E-state index contributed by atoms with van der Waals surface area (Å²) in [5.41, 5.74) is 7.58. The average molecular weight is 324 g/mol. The highest BCUT2D eigenvalue weighted by Gasteiger charge is 2.21. The van der Waals surface area contributed by atoms with Gasteiger partial charge in [0, 0.05) is 18.0 Å². The molecule has 0 fully saturated rings. The predicted molar refractivity (Wildman–Crippen MR) is 86.9 cm³/mol. The molecule has 3 N–H and O–H groups in total. The van der Waals surface area contributed by atoms with Crippen molar-refractivity contribution in [3.63, 3.8) is 0 Å². The maximum absolute atomic E-state index is 12.3. The largest absolute Gasteiger partial charge is 0.326 e. The van der Waals surface area contributed by atoms with Gasteiger partial charge in [0.15, 0.2) is 0 Å². The summed E-state index contributed by atoms with van der Waals surface area (Å²) in [6.07, 6.45) is 1.63. The molecule has 0 aliphatic heterocycles. The number of rotatable bonds is 7. The van der Waals surface area contributed by atoms with Crippen LogP contribution >= 0.6 is 11.3 Å². The van der Waals surface area contributed by atoms with Crippen molar-refractivity contribution in [2.24, 2.45) is 5.73 Å². The number of thiophene rings is 1. The van der Waals surface area contributed by atoms with Crippen LogP contribution in [0.15, 0.2) is 40.6 Å². The molecule has 0 aliphatic rings. The third kappa shape index (κ3) is 4.14. The summed E-state index contributed by atoms with van der Waals surface area (Å²) >= 11 is 1.39. The van der Waals surface area contributed by atoms with E-state index in [9.17, 15) is 8.42 Å². The van der Waals surface area contributed by atoms with E-state index in [2.05, 4.69) is 4.72 Å². The van der Waals surface area contributed by atoms with Crippen LogP contribution in [0.1, 0.15) is 22.4 Å². The van der Waals surface area contributed by atoms with Gasteiger partial charge in [0.2, 0.25) is 10.0 Å². The average Bonchev–Trinajstić information content (AvgIpc) is 2.86. The van der Waals surface area contributed by atoms with Crippen LogP contribution < -0.4 is 10.5 Å². The van der Waals surface area contributed by atoms with Gasteiger partial charge in [0.25, 0.3) is 0 Å². The third-order valence-corrected chi connectivity index (χ3v) is 6.17. The van der Waals surface area contributed by atoms with Crippen molar-refractivity contribution in [2.75, 3.05) is 6.54 Å². The third-order valence-electron chi connectivity index (χ3n) is 3.22. The Morgan fingerprint density at radius 1 is 1.24 bits per heavy atom. The van der Waals surface area contributed by atoms with Gasteiger partial charge in [-0.3, -0.25) is 0 Å². The number of hydrogen-bond donors (Lipinski definition) is 2. The minimum absolute atomic E-state index is 0.249. The van der Waals surface area contributed by atoms with Gasteiger partial charge in [-0.15, -0.1) is 11.3 Å². The molecule has 0 saturated heterocycles. The summed E-state index contributed by atoms with van der Waals surface area (Å²) in [4.78, 5) is 1.07. The zero-order chi connectivity index (χ0) is 15.3. The molecule has 1 aromatic heterocycles. The SMILES string of the molecule is Cc1csc(CN)c1S(=O)(=O)NCCCc1ccccc1. The smallest absolute Gasteiger partial charge is 0.241 e. The van der Waals surface area contributed by atoms with Crippen molar-refractivity contribution in [3.05, 3.63) is 51.7 Å². The number of nitrogens with two attached hydrogens (primary N) is 1. The Hall–Kier alpha value is -1.21. The Balaban J connectivity index is 1.94. The van der Waals surface area contributed by atoms with Gasteiger partial charge in [0.1, 0.15) is 4.90 Å². The lowest BCUT2D eigenvalue weighted by Crippen LogP contribution is -2.26. The normalized spacial score (nSPS) is 11.7. The second-order valence-corrected chi connectivity index (χ2v) is 7.53. The van der Waals surface area contributed by atoms with E-state index in [-0.39, 0.29) is 6.54 Å². The Bertz CT molecular complexity index is 679. The highest BCUT2D eigenvalue weighted by molar-refractivity contribution is 7.89. The van der Waals surface area contributed by atoms with E-state index in [0.717, 1.165) is 18.4 Å². The van der Waals surface area contributed by atoms with Crippen molar-refractivity contribution >= 4 is 21.4 Å². The second kappa shape index (κ2) is 7.17. The minimum atomic E-state index is -3.46. The first-order valence-corrected chi connectivity index (χ1v) is 9.21. The lowest BCUT2D eigenvalue weighted by atomic mass is 10.1. The molecule has 0 saturated carbocycles. The molecule has 4 nitrogen and oxygen atoms in total. The first kappa shape index (κ1) is 16.2. The van der Waals surface area contributed by atoms with Crippen LogP contribution in [0.25, 0.3) is 0 Å². The monoisotopic (exact) mass is 324 g/mol. The fraction of sp³-hybridized carbons (Fsp3) is 0.333. The van der Waals surface area contributed by atoms with Crippen LogP contribution in [0.5, 0.6) is 0 Å². The van der Waals surface area contributed by atoms with Crippen LogP contribution in [0.4, 0.5) is 0 Å². The molecule has 114 valence electrons. The molecule has 1 aromatic carbocycles. The summed E-state index contributed by atoms with van der Waals surface area (Å²) < 4.78 is 27.4. The summed E-state index contributed by atoms with van der Waals surface area (Å²) in [7, 11) is -3.46. The molecule has 0 spiro atoms. The number of nitrogens with one attached hydrogen (secondary N) is 1. The van der Waals surface area contributed by atoms with Crippen LogP contribution in [0.2, 0.25) is 0 Å². The van der Waals surface area contributed by atoms with E-state index in [1.807, 2.05) is 35.7 Å². The van der Waals surface area contributed by atoms with Crippen molar-refractivity contribution < 1.29 is 8.42 Å². The molecule has 2 rings (SSSR count). The van der Waals surface area contributed by atoms with E-state index in [1.54, 1.807) is 6.92 Å². The van der Waals surface area contributed by atoms with Gasteiger partial charge in [-0.05, 0) is 36.3 Å². The topological polar surface area (TPSA) is 72.2 Å². The second-order valence-electron chi connectivity index (χ2n) is 4.86. The first-order valence-electron chi connectivity index (χ1n) is 6.85. The highest BCUT2D eigenvalue weighted by atomic mass is 32.2. The van der Waals surface area contributed by atoms with E-state index in [0.29, 0.717) is 16.3 Å². The molecule has 21 heavy (non-hydrogen) atoms. The van der Waals surface area contributed by atoms with Crippen molar-refractivity contribution in [3.8, 4) is 0 Å². The van der Waals surface area contributed by atoms with E-state index < -0.39 is 10.0 Å². The van der Waals surface area contributed by atoms with Crippen LogP contribution in [-0.4, -0.2) is 15.0 Å². The van der Waals surface area contributed by atoms with Crippen molar-refractivity contribution in [1.29, 1.82) is 0 Å². The Labute approximate surface area is 130 Å². The van der Waals surface area contributed by atoms with E-state index >= 15 is 0 Å². The molecule has 6 heteroatoms. The Kier molecular flexibility index (Phi) is 5.52. The fourth-order valence-corrected chi connectivity index (χ4v) is 4.98. The highest BCUT2D eigenvalue weighted by Crippen LogP contribution is 2.26. The van der Waals surface area contributed by atoms with Crippen LogP contribution in [0, 0.1) is 6.92 Å². The quantitative estimate of drug-likeness (QED) is 0.768. The maximum Gasteiger partial charge on any atom is 0.241 e. The van der Waals surface area contributed by atoms with Crippen molar-refractivity contribution in [1.82, 2.24) is 4.72 Å². The minimum Gasteiger partial charge on any atom is -0.326 e. The number of aryl methyl sites for hydroxylation is 2. The lowest BCUT2D eigenvalue weighted by Gasteiger charge is -2.08. The molecule has 0 aliphatic carbocycles. The van der Waals surface area contributed by atoms with Crippen molar-refractivity contribution in [2.45, 2.75) is 31.2 Å². The first-order chi connectivity index (χ1) is 10.0. The van der Waals surface area contributed by atoms with E-state index in [4.69, 9.17) is 5.73 Å². The molecule has 0 unspecified atom stereocenters. The maximum atomic E-state index is 12.3. The molecular weight excluding hydrogens is 304 g/mol. The molecule has 0 atom stereocenters. The molecule has 0 amide bonds. The number of benzene rings is 1. The lowest BCUT2D eigenvalue weighted by molar-refractivity contribution is 0.578. The molecular formula is C15H20N2O2S2.